The SMILES string of the molecule is CCOCc1cc(OC)c2c(NS(=O)(=O)c3c(OC)cccc3OC)noc2c1. The Morgan fingerprint density at radius 2 is 1.69 bits per heavy atom. The van der Waals surface area contributed by atoms with Crippen LogP contribution in [0.15, 0.2) is 39.8 Å². The monoisotopic (exact) mass is 422 g/mol. The average molecular weight is 422 g/mol. The number of benzene rings is 2. The molecule has 0 aliphatic heterocycles. The molecule has 0 saturated heterocycles. The van der Waals surface area contributed by atoms with E-state index >= 15 is 0 Å². The summed E-state index contributed by atoms with van der Waals surface area (Å²) in [7, 11) is 0.122. The van der Waals surface area contributed by atoms with Gasteiger partial charge in [0.05, 0.1) is 27.9 Å². The molecule has 0 radical (unpaired) electrons. The van der Waals surface area contributed by atoms with E-state index in [1.54, 1.807) is 18.2 Å². The Kier molecular flexibility index (Phi) is 6.14. The Morgan fingerprint density at radius 3 is 2.28 bits per heavy atom. The van der Waals surface area contributed by atoms with Gasteiger partial charge < -0.3 is 23.5 Å². The molecule has 0 unspecified atom stereocenters. The van der Waals surface area contributed by atoms with E-state index in [9.17, 15) is 8.42 Å². The fourth-order valence-electron chi connectivity index (χ4n) is 2.88. The first kappa shape index (κ1) is 20.7. The number of nitrogens with one attached hydrogen (secondary N) is 1. The molecule has 1 N–H and O–H groups in total. The predicted octanol–water partition coefficient (Wildman–Crippen LogP) is 3.19. The third-order valence-corrected chi connectivity index (χ3v) is 5.57. The fourth-order valence-corrected chi connectivity index (χ4v) is 4.21. The van der Waals surface area contributed by atoms with Crippen LogP contribution in [0, 0.1) is 0 Å². The first-order valence-corrected chi connectivity index (χ1v) is 10.2. The zero-order valence-electron chi connectivity index (χ0n) is 16.5. The minimum atomic E-state index is -4.11. The van der Waals surface area contributed by atoms with Crippen molar-refractivity contribution in [2.75, 3.05) is 32.7 Å². The lowest BCUT2D eigenvalue weighted by molar-refractivity contribution is 0.134. The van der Waals surface area contributed by atoms with E-state index in [0.717, 1.165) is 5.56 Å². The van der Waals surface area contributed by atoms with Crippen LogP contribution in [0.25, 0.3) is 11.0 Å². The number of fused-ring (bicyclic) bond motifs is 1. The summed E-state index contributed by atoms with van der Waals surface area (Å²) < 4.78 is 55.2. The number of methoxy groups -OCH3 is 3. The quantitative estimate of drug-likeness (QED) is 0.560. The number of rotatable bonds is 9. The van der Waals surface area contributed by atoms with Crippen LogP contribution in [0.2, 0.25) is 0 Å². The Balaban J connectivity index is 2.07. The summed E-state index contributed by atoms with van der Waals surface area (Å²) in [5, 5.41) is 4.27. The molecular weight excluding hydrogens is 400 g/mol. The largest absolute Gasteiger partial charge is 0.496 e. The van der Waals surface area contributed by atoms with Gasteiger partial charge in [-0.15, -0.1) is 0 Å². The lowest BCUT2D eigenvalue weighted by Crippen LogP contribution is -2.15. The molecule has 0 aliphatic rings. The van der Waals surface area contributed by atoms with E-state index < -0.39 is 10.0 Å². The highest BCUT2D eigenvalue weighted by molar-refractivity contribution is 7.93. The summed E-state index contributed by atoms with van der Waals surface area (Å²) in [5.74, 6) is 0.669. The minimum absolute atomic E-state index is 0.00670. The van der Waals surface area contributed by atoms with E-state index in [2.05, 4.69) is 9.88 Å². The molecule has 0 atom stereocenters. The molecular formula is C19H22N2O7S. The second-order valence-corrected chi connectivity index (χ2v) is 7.56. The third-order valence-electron chi connectivity index (χ3n) is 4.17. The van der Waals surface area contributed by atoms with Gasteiger partial charge in [-0.3, -0.25) is 4.72 Å². The molecule has 0 bridgehead atoms. The van der Waals surface area contributed by atoms with Crippen LogP contribution in [-0.4, -0.2) is 41.5 Å². The van der Waals surface area contributed by atoms with Crippen molar-refractivity contribution in [1.82, 2.24) is 5.16 Å². The minimum Gasteiger partial charge on any atom is -0.496 e. The summed E-state index contributed by atoms with van der Waals surface area (Å²) in [6.45, 7) is 2.81. The van der Waals surface area contributed by atoms with Crippen molar-refractivity contribution in [1.29, 1.82) is 0 Å². The molecule has 29 heavy (non-hydrogen) atoms. The number of sulfonamides is 1. The first-order valence-electron chi connectivity index (χ1n) is 8.73. The summed E-state index contributed by atoms with van der Waals surface area (Å²) in [6.07, 6.45) is 0. The highest BCUT2D eigenvalue weighted by Crippen LogP contribution is 2.38. The summed E-state index contributed by atoms with van der Waals surface area (Å²) in [6, 6.07) is 8.15. The smallest absolute Gasteiger partial charge is 0.270 e. The van der Waals surface area contributed by atoms with Crippen molar-refractivity contribution in [3.8, 4) is 17.2 Å². The molecule has 9 nitrogen and oxygen atoms in total. The maximum absolute atomic E-state index is 13.1. The van der Waals surface area contributed by atoms with Crippen LogP contribution >= 0.6 is 0 Å². The molecule has 0 fully saturated rings. The van der Waals surface area contributed by atoms with Gasteiger partial charge in [-0.1, -0.05) is 11.2 Å². The fraction of sp³-hybridized carbons (Fsp3) is 0.316. The zero-order chi connectivity index (χ0) is 21.0. The lowest BCUT2D eigenvalue weighted by atomic mass is 10.1. The van der Waals surface area contributed by atoms with Gasteiger partial charge in [-0.2, -0.15) is 0 Å². The van der Waals surface area contributed by atoms with Gasteiger partial charge in [-0.05, 0) is 36.8 Å². The van der Waals surface area contributed by atoms with E-state index in [1.165, 1.54) is 33.5 Å². The number of hydrogen-bond acceptors (Lipinski definition) is 8. The van der Waals surface area contributed by atoms with E-state index in [-0.39, 0.29) is 22.2 Å². The summed E-state index contributed by atoms with van der Waals surface area (Å²) >= 11 is 0. The van der Waals surface area contributed by atoms with Crippen LogP contribution in [0.4, 0.5) is 5.82 Å². The lowest BCUT2D eigenvalue weighted by Gasteiger charge is -2.14. The number of anilines is 1. The van der Waals surface area contributed by atoms with E-state index in [0.29, 0.717) is 29.9 Å². The van der Waals surface area contributed by atoms with Gasteiger partial charge in [0.15, 0.2) is 16.3 Å². The molecule has 10 heteroatoms. The molecule has 1 aromatic heterocycles. The van der Waals surface area contributed by atoms with Crippen molar-refractivity contribution in [3.63, 3.8) is 0 Å². The molecule has 0 amide bonds. The van der Waals surface area contributed by atoms with Gasteiger partial charge in [0.2, 0.25) is 0 Å². The maximum atomic E-state index is 13.1. The Morgan fingerprint density at radius 1 is 1.03 bits per heavy atom. The highest BCUT2D eigenvalue weighted by atomic mass is 32.2. The standard InChI is InChI=1S/C19H22N2O7S/c1-5-27-11-12-9-15(26-4)17-16(10-12)28-20-19(17)21-29(22,23)18-13(24-2)7-6-8-14(18)25-3/h6-10H,5,11H2,1-4H3,(H,20,21). The van der Waals surface area contributed by atoms with Crippen molar-refractivity contribution < 1.29 is 31.9 Å². The van der Waals surface area contributed by atoms with Crippen LogP contribution in [0.3, 0.4) is 0 Å². The second-order valence-electron chi connectivity index (χ2n) is 5.94. The zero-order valence-corrected chi connectivity index (χ0v) is 17.3. The molecule has 0 saturated carbocycles. The van der Waals surface area contributed by atoms with E-state index in [1.807, 2.05) is 6.92 Å². The molecule has 1 heterocycles. The normalized spacial score (nSPS) is 11.4. The summed E-state index contributed by atoms with van der Waals surface area (Å²) in [5.41, 5.74) is 1.18. The predicted molar refractivity (Wildman–Crippen MR) is 106 cm³/mol. The van der Waals surface area contributed by atoms with Crippen LogP contribution in [0.5, 0.6) is 17.2 Å². The number of ether oxygens (including phenoxy) is 4. The number of nitrogens with zero attached hydrogens (tertiary/aromatic N) is 1. The Labute approximate surface area is 168 Å². The van der Waals surface area contributed by atoms with Crippen molar-refractivity contribution in [2.24, 2.45) is 0 Å². The van der Waals surface area contributed by atoms with Crippen LogP contribution < -0.4 is 18.9 Å². The van der Waals surface area contributed by atoms with Gasteiger partial charge in [0.25, 0.3) is 10.0 Å². The average Bonchev–Trinajstić information content (AvgIpc) is 3.12. The second kappa shape index (κ2) is 8.58. The number of hydrogen-bond donors (Lipinski definition) is 1. The molecule has 3 aromatic rings. The molecule has 156 valence electrons. The van der Waals surface area contributed by atoms with Gasteiger partial charge in [0, 0.05) is 6.61 Å². The Bertz CT molecular complexity index is 1090. The molecule has 3 rings (SSSR count). The molecule has 0 spiro atoms. The third kappa shape index (κ3) is 4.08. The van der Waals surface area contributed by atoms with Gasteiger partial charge in [0.1, 0.15) is 22.6 Å². The Hall–Kier alpha value is -2.98. The van der Waals surface area contributed by atoms with Crippen LogP contribution in [-0.2, 0) is 21.4 Å². The van der Waals surface area contributed by atoms with Crippen molar-refractivity contribution in [2.45, 2.75) is 18.4 Å². The van der Waals surface area contributed by atoms with Crippen molar-refractivity contribution in [3.05, 3.63) is 35.9 Å². The van der Waals surface area contributed by atoms with E-state index in [4.69, 9.17) is 23.5 Å². The topological polar surface area (TPSA) is 109 Å². The van der Waals surface area contributed by atoms with Gasteiger partial charge >= 0.3 is 0 Å². The summed E-state index contributed by atoms with van der Waals surface area (Å²) in [4.78, 5) is -0.145. The van der Waals surface area contributed by atoms with Gasteiger partial charge in [-0.25, -0.2) is 8.42 Å². The van der Waals surface area contributed by atoms with Crippen molar-refractivity contribution >= 4 is 26.8 Å². The maximum Gasteiger partial charge on any atom is 0.270 e. The highest BCUT2D eigenvalue weighted by Gasteiger charge is 2.28. The number of aromatic nitrogens is 1. The molecule has 2 aromatic carbocycles. The first-order chi connectivity index (χ1) is 13.9. The van der Waals surface area contributed by atoms with Crippen LogP contribution in [0.1, 0.15) is 12.5 Å². The molecule has 0 aliphatic carbocycles.